The summed E-state index contributed by atoms with van der Waals surface area (Å²) in [5.74, 6) is -1.32. The predicted octanol–water partition coefficient (Wildman–Crippen LogP) is 5.19. The van der Waals surface area contributed by atoms with Crippen molar-refractivity contribution in [1.29, 1.82) is 5.26 Å². The fourth-order valence-electron chi connectivity index (χ4n) is 3.60. The molecule has 178 valence electrons. The van der Waals surface area contributed by atoms with E-state index >= 15 is 0 Å². The minimum absolute atomic E-state index is 0.00774. The Balaban J connectivity index is 1.87. The second kappa shape index (κ2) is 8.39. The van der Waals surface area contributed by atoms with Crippen LogP contribution in [0.25, 0.3) is 22.0 Å². The van der Waals surface area contributed by atoms with Crippen molar-refractivity contribution in [2.75, 3.05) is 5.32 Å². The van der Waals surface area contributed by atoms with Crippen LogP contribution in [-0.2, 0) is 19.4 Å². The van der Waals surface area contributed by atoms with Crippen LogP contribution < -0.4 is 5.32 Å². The molecular weight excluding hydrogens is 478 g/mol. The van der Waals surface area contributed by atoms with E-state index < -0.39 is 46.6 Å². The molecule has 3 aromatic heterocycles. The van der Waals surface area contributed by atoms with Crippen molar-refractivity contribution in [3.8, 4) is 17.3 Å². The Hall–Kier alpha value is -4.47. The highest BCUT2D eigenvalue weighted by Gasteiger charge is 2.42. The highest BCUT2D eigenvalue weighted by Crippen LogP contribution is 2.41. The number of nitrogens with zero attached hydrogens (tertiary/aromatic N) is 5. The SMILES string of the molecule is Cn1nc(-c2cccc3c(C#N)nccc23)c(C(F)(F)F)c1C(=O)Nc1ccnc(C(F)(F)F)c1. The molecule has 0 saturated heterocycles. The summed E-state index contributed by atoms with van der Waals surface area (Å²) < 4.78 is 82.1. The smallest absolute Gasteiger partial charge is 0.321 e. The molecule has 0 saturated carbocycles. The molecule has 3 heterocycles. The van der Waals surface area contributed by atoms with Gasteiger partial charge >= 0.3 is 12.4 Å². The molecule has 0 radical (unpaired) electrons. The van der Waals surface area contributed by atoms with Crippen LogP contribution in [0.3, 0.4) is 0 Å². The molecule has 35 heavy (non-hydrogen) atoms. The van der Waals surface area contributed by atoms with Gasteiger partial charge < -0.3 is 5.32 Å². The Morgan fingerprint density at radius 1 is 1.00 bits per heavy atom. The maximum Gasteiger partial charge on any atom is 0.433 e. The minimum atomic E-state index is -5.06. The second-order valence-corrected chi connectivity index (χ2v) is 7.25. The van der Waals surface area contributed by atoms with Crippen LogP contribution in [0.4, 0.5) is 32.0 Å². The lowest BCUT2D eigenvalue weighted by Gasteiger charge is -2.13. The number of aromatic nitrogens is 4. The molecule has 0 spiro atoms. The van der Waals surface area contributed by atoms with E-state index in [9.17, 15) is 36.4 Å². The third-order valence-electron chi connectivity index (χ3n) is 5.02. The zero-order chi connectivity index (χ0) is 25.5. The second-order valence-electron chi connectivity index (χ2n) is 7.25. The number of hydrogen-bond donors (Lipinski definition) is 1. The number of anilines is 1. The average molecular weight is 490 g/mol. The topological polar surface area (TPSA) is 96.5 Å². The quantitative estimate of drug-likeness (QED) is 0.399. The molecule has 1 N–H and O–H groups in total. The third-order valence-corrected chi connectivity index (χ3v) is 5.02. The van der Waals surface area contributed by atoms with Gasteiger partial charge in [0.2, 0.25) is 0 Å². The molecule has 0 aliphatic carbocycles. The maximum atomic E-state index is 14.2. The Labute approximate surface area is 192 Å². The standard InChI is InChI=1S/C22H12F6N6O/c1-34-19(20(35)32-11-5-7-31-16(9-11)21(23,24)25)17(22(26,27)28)18(33-34)14-4-2-3-13-12(14)6-8-30-15(13)10-29/h2-9H,1H3,(H,31,32,35). The van der Waals surface area contributed by atoms with E-state index in [1.165, 1.54) is 30.5 Å². The number of carbonyl (C=O) groups is 1. The van der Waals surface area contributed by atoms with Gasteiger partial charge in [0.1, 0.15) is 34.4 Å². The number of carbonyl (C=O) groups excluding carboxylic acids is 1. The number of fused-ring (bicyclic) bond motifs is 1. The Bertz CT molecular complexity index is 1500. The van der Waals surface area contributed by atoms with E-state index in [1.54, 1.807) is 0 Å². The van der Waals surface area contributed by atoms with E-state index in [-0.39, 0.29) is 22.0 Å². The minimum Gasteiger partial charge on any atom is -0.321 e. The number of nitrogens with one attached hydrogen (secondary N) is 1. The Morgan fingerprint density at radius 3 is 2.37 bits per heavy atom. The van der Waals surface area contributed by atoms with Crippen molar-refractivity contribution in [3.05, 3.63) is 71.4 Å². The van der Waals surface area contributed by atoms with Crippen LogP contribution in [0.2, 0.25) is 0 Å². The van der Waals surface area contributed by atoms with Gasteiger partial charge in [0.15, 0.2) is 0 Å². The number of aryl methyl sites for hydroxylation is 1. The van der Waals surface area contributed by atoms with Gasteiger partial charge in [-0.05, 0) is 23.6 Å². The molecule has 4 aromatic rings. The summed E-state index contributed by atoms with van der Waals surface area (Å²) in [4.78, 5) is 19.9. The van der Waals surface area contributed by atoms with Gasteiger partial charge in [0.05, 0.1) is 0 Å². The van der Waals surface area contributed by atoms with Gasteiger partial charge in [-0.25, -0.2) is 4.98 Å². The fourth-order valence-corrected chi connectivity index (χ4v) is 3.60. The van der Waals surface area contributed by atoms with Crippen LogP contribution in [0, 0.1) is 11.3 Å². The number of alkyl halides is 6. The predicted molar refractivity (Wildman–Crippen MR) is 111 cm³/mol. The van der Waals surface area contributed by atoms with Gasteiger partial charge in [-0.1, -0.05) is 18.2 Å². The number of nitriles is 1. The van der Waals surface area contributed by atoms with Crippen LogP contribution in [0.15, 0.2) is 48.8 Å². The van der Waals surface area contributed by atoms with Gasteiger partial charge in [-0.15, -0.1) is 0 Å². The van der Waals surface area contributed by atoms with E-state index in [1.807, 2.05) is 6.07 Å². The summed E-state index contributed by atoms with van der Waals surface area (Å²) in [6.45, 7) is 0. The van der Waals surface area contributed by atoms with Crippen molar-refractivity contribution in [3.63, 3.8) is 0 Å². The first-order valence-corrected chi connectivity index (χ1v) is 9.69. The lowest BCUT2D eigenvalue weighted by Crippen LogP contribution is -2.21. The highest BCUT2D eigenvalue weighted by molar-refractivity contribution is 6.06. The number of rotatable bonds is 3. The zero-order valence-electron chi connectivity index (χ0n) is 17.5. The molecular formula is C22H12F6N6O. The first kappa shape index (κ1) is 23.7. The molecule has 7 nitrogen and oxygen atoms in total. The molecule has 1 aromatic carbocycles. The highest BCUT2D eigenvalue weighted by atomic mass is 19.4. The molecule has 4 rings (SSSR count). The largest absolute Gasteiger partial charge is 0.433 e. The number of amides is 1. The Kier molecular flexibility index (Phi) is 5.68. The van der Waals surface area contributed by atoms with E-state index in [4.69, 9.17) is 0 Å². The number of halogens is 6. The van der Waals surface area contributed by atoms with Crippen LogP contribution in [-0.4, -0.2) is 25.7 Å². The zero-order valence-corrected chi connectivity index (χ0v) is 17.5. The molecule has 13 heteroatoms. The molecule has 0 aliphatic heterocycles. The van der Waals surface area contributed by atoms with Crippen LogP contribution in [0.5, 0.6) is 0 Å². The summed E-state index contributed by atoms with van der Waals surface area (Å²) >= 11 is 0. The number of pyridine rings is 2. The fraction of sp³-hybridized carbons (Fsp3) is 0.136. The average Bonchev–Trinajstić information content (AvgIpc) is 3.15. The first-order chi connectivity index (χ1) is 16.4. The van der Waals surface area contributed by atoms with Gasteiger partial charge in [0.25, 0.3) is 5.91 Å². The molecule has 0 atom stereocenters. The van der Waals surface area contributed by atoms with Gasteiger partial charge in [-0.3, -0.25) is 14.5 Å². The number of benzene rings is 1. The van der Waals surface area contributed by atoms with E-state index in [2.05, 4.69) is 20.4 Å². The lowest BCUT2D eigenvalue weighted by atomic mass is 9.98. The van der Waals surface area contributed by atoms with Crippen molar-refractivity contribution in [2.24, 2.45) is 7.05 Å². The first-order valence-electron chi connectivity index (χ1n) is 9.69. The maximum absolute atomic E-state index is 14.2. The van der Waals surface area contributed by atoms with Gasteiger partial charge in [-0.2, -0.15) is 36.7 Å². The molecule has 1 amide bonds. The molecule has 0 unspecified atom stereocenters. The monoisotopic (exact) mass is 490 g/mol. The van der Waals surface area contributed by atoms with Crippen LogP contribution in [0.1, 0.15) is 27.4 Å². The van der Waals surface area contributed by atoms with Crippen molar-refractivity contribution >= 4 is 22.4 Å². The van der Waals surface area contributed by atoms with Crippen molar-refractivity contribution in [1.82, 2.24) is 19.7 Å². The van der Waals surface area contributed by atoms with Crippen molar-refractivity contribution in [2.45, 2.75) is 12.4 Å². The lowest BCUT2D eigenvalue weighted by molar-refractivity contribution is -0.141. The molecule has 0 fully saturated rings. The van der Waals surface area contributed by atoms with Crippen LogP contribution >= 0.6 is 0 Å². The summed E-state index contributed by atoms with van der Waals surface area (Å²) in [6, 6.07) is 9.07. The molecule has 0 aliphatic rings. The van der Waals surface area contributed by atoms with E-state index in [0.717, 1.165) is 19.3 Å². The van der Waals surface area contributed by atoms with Crippen molar-refractivity contribution < 1.29 is 31.1 Å². The third kappa shape index (κ3) is 4.37. The summed E-state index contributed by atoms with van der Waals surface area (Å²) in [5, 5.41) is 15.8. The van der Waals surface area contributed by atoms with E-state index in [0.29, 0.717) is 10.7 Å². The normalized spacial score (nSPS) is 11.9. The summed E-state index contributed by atoms with van der Waals surface area (Å²) in [7, 11) is 1.11. The summed E-state index contributed by atoms with van der Waals surface area (Å²) in [5.41, 5.74) is -4.62. The Morgan fingerprint density at radius 2 is 1.71 bits per heavy atom. The number of hydrogen-bond acceptors (Lipinski definition) is 5. The summed E-state index contributed by atoms with van der Waals surface area (Å²) in [6.07, 6.45) is -7.84. The van der Waals surface area contributed by atoms with Gasteiger partial charge in [0, 0.05) is 36.1 Å². The molecule has 0 bridgehead atoms.